The van der Waals surface area contributed by atoms with Crippen molar-refractivity contribution in [2.24, 2.45) is 0 Å². The first-order valence-corrected chi connectivity index (χ1v) is 6.33. The molecule has 0 saturated heterocycles. The van der Waals surface area contributed by atoms with Crippen LogP contribution in [-0.4, -0.2) is 4.98 Å². The Hall–Kier alpha value is -0.570. The van der Waals surface area contributed by atoms with Gasteiger partial charge in [-0.1, -0.05) is 30.3 Å². The van der Waals surface area contributed by atoms with E-state index >= 15 is 0 Å². The number of rotatable bonds is 4. The van der Waals surface area contributed by atoms with E-state index in [0.717, 1.165) is 18.5 Å². The maximum absolute atomic E-state index is 5.70. The highest BCUT2D eigenvalue weighted by Crippen LogP contribution is 2.14. The Balaban J connectivity index is 0.00000128. The predicted octanol–water partition coefficient (Wildman–Crippen LogP) is 4.09. The molecule has 1 heterocycles. The lowest BCUT2D eigenvalue weighted by Crippen LogP contribution is -1.90. The fraction of sp³-hybridized carbons (Fsp3) is 0.250. The van der Waals surface area contributed by atoms with Crippen molar-refractivity contribution in [3.05, 3.63) is 52.0 Å². The summed E-state index contributed by atoms with van der Waals surface area (Å²) < 4.78 is 0. The van der Waals surface area contributed by atoms with E-state index in [4.69, 9.17) is 11.6 Å². The summed E-state index contributed by atoms with van der Waals surface area (Å²) in [5.74, 6) is 0.516. The minimum Gasteiger partial charge on any atom is -0.245 e. The van der Waals surface area contributed by atoms with Gasteiger partial charge in [0.25, 0.3) is 0 Å². The minimum absolute atomic E-state index is 0. The second-order valence-corrected chi connectivity index (χ2v) is 4.56. The molecule has 2 rings (SSSR count). The molecule has 0 fully saturated rings. The fourth-order valence-corrected chi connectivity index (χ4v) is 2.45. The fourth-order valence-electron chi connectivity index (χ4n) is 1.42. The first-order chi connectivity index (χ1) is 7.38. The highest BCUT2D eigenvalue weighted by atomic mass is 35.5. The number of nitrogens with zero attached hydrogens (tertiary/aromatic N) is 1. The van der Waals surface area contributed by atoms with Gasteiger partial charge in [0.05, 0.1) is 16.6 Å². The minimum atomic E-state index is 0. The molecule has 0 aliphatic carbocycles. The summed E-state index contributed by atoms with van der Waals surface area (Å²) in [6.45, 7) is 0. The predicted molar refractivity (Wildman–Crippen MR) is 72.8 cm³/mol. The highest BCUT2D eigenvalue weighted by Gasteiger charge is 2.01. The monoisotopic (exact) mass is 273 g/mol. The Bertz CT molecular complexity index is 414. The van der Waals surface area contributed by atoms with Crippen molar-refractivity contribution in [3.63, 3.8) is 0 Å². The van der Waals surface area contributed by atoms with Crippen molar-refractivity contribution in [1.29, 1.82) is 0 Å². The molecule has 1 nitrogen and oxygen atoms in total. The van der Waals surface area contributed by atoms with Crippen LogP contribution in [0, 0.1) is 0 Å². The molecule has 0 atom stereocenters. The third kappa shape index (κ3) is 3.78. The van der Waals surface area contributed by atoms with Crippen LogP contribution < -0.4 is 0 Å². The average molecular weight is 274 g/mol. The molecule has 0 unspecified atom stereocenters. The molecule has 0 amide bonds. The Morgan fingerprint density at radius 2 is 1.88 bits per heavy atom. The number of hydrogen-bond donors (Lipinski definition) is 0. The molecule has 86 valence electrons. The standard InChI is InChI=1S/C12H12ClNS.ClH/c13-8-11-9-15-12(14-11)7-6-10-4-2-1-3-5-10;/h1-5,9H,6-8H2;1H. The van der Waals surface area contributed by atoms with Gasteiger partial charge in [0.1, 0.15) is 0 Å². The van der Waals surface area contributed by atoms with E-state index in [1.54, 1.807) is 11.3 Å². The van der Waals surface area contributed by atoms with Crippen LogP contribution in [0.4, 0.5) is 0 Å². The number of alkyl halides is 1. The molecular formula is C12H13Cl2NS. The Labute approximate surface area is 111 Å². The molecule has 4 heteroatoms. The molecule has 0 aliphatic rings. The third-order valence-electron chi connectivity index (χ3n) is 2.21. The lowest BCUT2D eigenvalue weighted by atomic mass is 10.1. The van der Waals surface area contributed by atoms with Crippen LogP contribution in [0.1, 0.15) is 16.3 Å². The summed E-state index contributed by atoms with van der Waals surface area (Å²) in [6.07, 6.45) is 2.06. The van der Waals surface area contributed by atoms with E-state index in [1.165, 1.54) is 10.6 Å². The van der Waals surface area contributed by atoms with Crippen molar-refractivity contribution < 1.29 is 0 Å². The zero-order chi connectivity index (χ0) is 10.5. The molecule has 0 bridgehead atoms. The number of benzene rings is 1. The van der Waals surface area contributed by atoms with Gasteiger partial charge in [-0.15, -0.1) is 35.3 Å². The van der Waals surface area contributed by atoms with E-state index < -0.39 is 0 Å². The van der Waals surface area contributed by atoms with Crippen LogP contribution in [0.2, 0.25) is 0 Å². The molecule has 1 aromatic heterocycles. The van der Waals surface area contributed by atoms with Gasteiger partial charge in [0, 0.05) is 11.8 Å². The van der Waals surface area contributed by atoms with Gasteiger partial charge in [0.2, 0.25) is 0 Å². The molecule has 16 heavy (non-hydrogen) atoms. The molecule has 0 saturated carbocycles. The molecular weight excluding hydrogens is 261 g/mol. The molecule has 0 aliphatic heterocycles. The van der Waals surface area contributed by atoms with E-state index in [0.29, 0.717) is 5.88 Å². The Kier molecular flexibility index (Phi) is 5.81. The maximum atomic E-state index is 5.70. The van der Waals surface area contributed by atoms with Crippen LogP contribution in [0.3, 0.4) is 0 Å². The molecule has 1 aromatic carbocycles. The molecule has 0 radical (unpaired) electrons. The van der Waals surface area contributed by atoms with Gasteiger partial charge < -0.3 is 0 Å². The number of aryl methyl sites for hydroxylation is 2. The van der Waals surface area contributed by atoms with Crippen LogP contribution in [0.5, 0.6) is 0 Å². The molecule has 0 N–H and O–H groups in total. The number of hydrogen-bond acceptors (Lipinski definition) is 2. The van der Waals surface area contributed by atoms with E-state index in [2.05, 4.69) is 29.2 Å². The topological polar surface area (TPSA) is 12.9 Å². The van der Waals surface area contributed by atoms with Gasteiger partial charge in [0.15, 0.2) is 0 Å². The number of aromatic nitrogens is 1. The van der Waals surface area contributed by atoms with Crippen LogP contribution >= 0.6 is 35.3 Å². The summed E-state index contributed by atoms with van der Waals surface area (Å²) in [6, 6.07) is 10.5. The Morgan fingerprint density at radius 1 is 1.12 bits per heavy atom. The third-order valence-corrected chi connectivity index (χ3v) is 3.44. The molecule has 0 spiro atoms. The van der Waals surface area contributed by atoms with E-state index in [1.807, 2.05) is 11.4 Å². The first kappa shape index (κ1) is 13.5. The highest BCUT2D eigenvalue weighted by molar-refractivity contribution is 7.09. The largest absolute Gasteiger partial charge is 0.245 e. The van der Waals surface area contributed by atoms with E-state index in [-0.39, 0.29) is 12.4 Å². The van der Waals surface area contributed by atoms with Gasteiger partial charge in [-0.3, -0.25) is 0 Å². The Morgan fingerprint density at radius 3 is 2.50 bits per heavy atom. The van der Waals surface area contributed by atoms with Crippen molar-refractivity contribution in [2.45, 2.75) is 18.7 Å². The van der Waals surface area contributed by atoms with Gasteiger partial charge in [-0.2, -0.15) is 0 Å². The smallest absolute Gasteiger partial charge is 0.0932 e. The maximum Gasteiger partial charge on any atom is 0.0932 e. The van der Waals surface area contributed by atoms with Crippen molar-refractivity contribution in [1.82, 2.24) is 4.98 Å². The van der Waals surface area contributed by atoms with Gasteiger partial charge >= 0.3 is 0 Å². The van der Waals surface area contributed by atoms with E-state index in [9.17, 15) is 0 Å². The first-order valence-electron chi connectivity index (χ1n) is 4.91. The van der Waals surface area contributed by atoms with Crippen molar-refractivity contribution in [3.8, 4) is 0 Å². The molecule has 2 aromatic rings. The summed E-state index contributed by atoms with van der Waals surface area (Å²) in [5.41, 5.74) is 2.35. The number of halogens is 2. The van der Waals surface area contributed by atoms with Crippen molar-refractivity contribution in [2.75, 3.05) is 0 Å². The summed E-state index contributed by atoms with van der Waals surface area (Å²) >= 11 is 7.40. The quantitative estimate of drug-likeness (QED) is 0.765. The zero-order valence-electron chi connectivity index (χ0n) is 8.73. The number of thiazole rings is 1. The van der Waals surface area contributed by atoms with Crippen LogP contribution in [0.25, 0.3) is 0 Å². The summed E-state index contributed by atoms with van der Waals surface area (Å²) in [7, 11) is 0. The normalized spacial score (nSPS) is 9.81. The lowest BCUT2D eigenvalue weighted by molar-refractivity contribution is 0.934. The lowest BCUT2D eigenvalue weighted by Gasteiger charge is -1.97. The second kappa shape index (κ2) is 6.89. The second-order valence-electron chi connectivity index (χ2n) is 3.35. The summed E-state index contributed by atoms with van der Waals surface area (Å²) in [4.78, 5) is 4.43. The SMILES string of the molecule is Cl.ClCc1csc(CCc2ccccc2)n1. The summed E-state index contributed by atoms with van der Waals surface area (Å²) in [5, 5.41) is 3.21. The zero-order valence-corrected chi connectivity index (χ0v) is 11.1. The average Bonchev–Trinajstić information content (AvgIpc) is 2.76. The van der Waals surface area contributed by atoms with Crippen molar-refractivity contribution >= 4 is 35.3 Å². The van der Waals surface area contributed by atoms with Crippen LogP contribution in [0.15, 0.2) is 35.7 Å². The van der Waals surface area contributed by atoms with Crippen LogP contribution in [-0.2, 0) is 18.7 Å². The van der Waals surface area contributed by atoms with Gasteiger partial charge in [-0.25, -0.2) is 4.98 Å². The van der Waals surface area contributed by atoms with Gasteiger partial charge in [-0.05, 0) is 12.0 Å².